The number of ether oxygens (including phenoxy) is 3. The summed E-state index contributed by atoms with van der Waals surface area (Å²) in [7, 11) is 1.61. The molecule has 1 aliphatic rings. The smallest absolute Gasteiger partial charge is 0.169 e. The van der Waals surface area contributed by atoms with Crippen LogP contribution in [0.3, 0.4) is 0 Å². The summed E-state index contributed by atoms with van der Waals surface area (Å²) in [5, 5.41) is 0. The molecule has 20 heavy (non-hydrogen) atoms. The van der Waals surface area contributed by atoms with Crippen LogP contribution in [0, 0.1) is 0 Å². The summed E-state index contributed by atoms with van der Waals surface area (Å²) in [6.45, 7) is 5.21. The van der Waals surface area contributed by atoms with E-state index in [1.807, 2.05) is 12.1 Å². The zero-order valence-electron chi connectivity index (χ0n) is 12.3. The van der Waals surface area contributed by atoms with E-state index in [4.69, 9.17) is 14.2 Å². The van der Waals surface area contributed by atoms with E-state index in [0.29, 0.717) is 25.6 Å². The number of ketones is 1. The molecule has 2 unspecified atom stereocenters. The molecule has 1 aromatic rings. The van der Waals surface area contributed by atoms with Gasteiger partial charge in [0.1, 0.15) is 11.9 Å². The molecule has 0 N–H and O–H groups in total. The molecule has 110 valence electrons. The summed E-state index contributed by atoms with van der Waals surface area (Å²) in [4.78, 5) is 11.5. The first kappa shape index (κ1) is 15.0. The molecule has 0 bridgehead atoms. The van der Waals surface area contributed by atoms with Crippen molar-refractivity contribution in [3.05, 3.63) is 29.8 Å². The Kier molecular flexibility index (Phi) is 5.15. The third-order valence-electron chi connectivity index (χ3n) is 3.48. The normalized spacial score (nSPS) is 21.9. The molecule has 4 heteroatoms. The van der Waals surface area contributed by atoms with Gasteiger partial charge in [-0.05, 0) is 23.6 Å². The average Bonchev–Trinajstić information content (AvgIpc) is 2.43. The van der Waals surface area contributed by atoms with E-state index >= 15 is 0 Å². The number of carbonyl (C=O) groups is 1. The van der Waals surface area contributed by atoms with Gasteiger partial charge >= 0.3 is 0 Å². The number of methoxy groups -OCH3 is 1. The van der Waals surface area contributed by atoms with Crippen LogP contribution in [-0.4, -0.2) is 38.3 Å². The minimum Gasteiger partial charge on any atom is -0.487 e. The molecule has 1 aliphatic carbocycles. The highest BCUT2D eigenvalue weighted by molar-refractivity contribution is 5.90. The van der Waals surface area contributed by atoms with Crippen LogP contribution < -0.4 is 4.74 Å². The van der Waals surface area contributed by atoms with Crippen molar-refractivity contribution in [1.82, 2.24) is 0 Å². The second kappa shape index (κ2) is 6.86. The average molecular weight is 278 g/mol. The maximum atomic E-state index is 11.5. The van der Waals surface area contributed by atoms with Crippen LogP contribution in [-0.2, 0) is 14.3 Å². The first-order valence-corrected chi connectivity index (χ1v) is 7.01. The van der Waals surface area contributed by atoms with Crippen LogP contribution in [0.25, 0.3) is 0 Å². The molecule has 2 rings (SSSR count). The lowest BCUT2D eigenvalue weighted by Gasteiger charge is -2.34. The van der Waals surface area contributed by atoms with E-state index in [0.717, 1.165) is 5.75 Å². The van der Waals surface area contributed by atoms with Crippen molar-refractivity contribution in [3.8, 4) is 5.75 Å². The van der Waals surface area contributed by atoms with Crippen LogP contribution in [0.5, 0.6) is 5.75 Å². The van der Waals surface area contributed by atoms with Crippen molar-refractivity contribution in [2.45, 2.75) is 38.4 Å². The molecule has 4 nitrogen and oxygen atoms in total. The number of hydrogen-bond donors (Lipinski definition) is 0. The van der Waals surface area contributed by atoms with E-state index in [9.17, 15) is 4.79 Å². The fourth-order valence-corrected chi connectivity index (χ4v) is 2.14. The second-order valence-corrected chi connectivity index (χ2v) is 5.33. The Hall–Kier alpha value is -1.39. The number of carbonyl (C=O) groups excluding carboxylic acids is 1. The first-order valence-electron chi connectivity index (χ1n) is 7.01. The second-order valence-electron chi connectivity index (χ2n) is 5.33. The number of hydrogen-bond acceptors (Lipinski definition) is 4. The molecule has 2 atom stereocenters. The summed E-state index contributed by atoms with van der Waals surface area (Å²) in [5.74, 6) is 1.39. The van der Waals surface area contributed by atoms with Gasteiger partial charge in [-0.1, -0.05) is 26.0 Å². The zero-order valence-corrected chi connectivity index (χ0v) is 12.3. The summed E-state index contributed by atoms with van der Waals surface area (Å²) in [5.41, 5.74) is 1.27. The van der Waals surface area contributed by atoms with Crippen LogP contribution in [0.15, 0.2) is 24.3 Å². The Morgan fingerprint density at radius 2 is 1.90 bits per heavy atom. The van der Waals surface area contributed by atoms with Crippen LogP contribution in [0.4, 0.5) is 0 Å². The molecule has 0 aliphatic heterocycles. The van der Waals surface area contributed by atoms with E-state index in [1.54, 1.807) is 7.11 Å². The Bertz CT molecular complexity index is 438. The molecule has 0 aromatic heterocycles. The van der Waals surface area contributed by atoms with Gasteiger partial charge in [0.25, 0.3) is 0 Å². The molecule has 1 fully saturated rings. The minimum absolute atomic E-state index is 0.102. The van der Waals surface area contributed by atoms with Crippen molar-refractivity contribution in [2.24, 2.45) is 0 Å². The fraction of sp³-hybridized carbons (Fsp3) is 0.562. The maximum absolute atomic E-state index is 11.5. The highest BCUT2D eigenvalue weighted by Crippen LogP contribution is 2.26. The van der Waals surface area contributed by atoms with Gasteiger partial charge in [-0.2, -0.15) is 0 Å². The summed E-state index contributed by atoms with van der Waals surface area (Å²) < 4.78 is 16.2. The molecule has 1 saturated carbocycles. The first-order chi connectivity index (χ1) is 9.61. The van der Waals surface area contributed by atoms with Crippen molar-refractivity contribution >= 4 is 5.78 Å². The van der Waals surface area contributed by atoms with Gasteiger partial charge in [-0.15, -0.1) is 0 Å². The Balaban J connectivity index is 1.87. The van der Waals surface area contributed by atoms with E-state index in [-0.39, 0.29) is 11.9 Å². The van der Waals surface area contributed by atoms with Gasteiger partial charge in [-0.3, -0.25) is 4.79 Å². The monoisotopic (exact) mass is 278 g/mol. The van der Waals surface area contributed by atoms with Crippen LogP contribution >= 0.6 is 0 Å². The van der Waals surface area contributed by atoms with Gasteiger partial charge < -0.3 is 14.2 Å². The topological polar surface area (TPSA) is 44.8 Å². The Morgan fingerprint density at radius 1 is 1.20 bits per heavy atom. The van der Waals surface area contributed by atoms with Crippen LogP contribution in [0.2, 0.25) is 0 Å². The quantitative estimate of drug-likeness (QED) is 0.719. The largest absolute Gasteiger partial charge is 0.487 e. The molecule has 1 aromatic carbocycles. The molecular formula is C16H22O4. The highest BCUT2D eigenvalue weighted by Gasteiger charge is 2.42. The molecular weight excluding hydrogens is 256 g/mol. The maximum Gasteiger partial charge on any atom is 0.169 e. The predicted molar refractivity (Wildman–Crippen MR) is 76.2 cm³/mol. The molecule has 0 radical (unpaired) electrons. The van der Waals surface area contributed by atoms with Gasteiger partial charge in [0.15, 0.2) is 11.9 Å². The number of benzene rings is 1. The lowest BCUT2D eigenvalue weighted by Crippen LogP contribution is -2.52. The predicted octanol–water partition coefficient (Wildman–Crippen LogP) is 2.56. The zero-order chi connectivity index (χ0) is 14.5. The summed E-state index contributed by atoms with van der Waals surface area (Å²) in [6, 6.07) is 8.01. The number of rotatable bonds is 7. The Morgan fingerprint density at radius 3 is 2.45 bits per heavy atom. The lowest BCUT2D eigenvalue weighted by atomic mass is 9.90. The molecule has 0 saturated heterocycles. The van der Waals surface area contributed by atoms with Crippen molar-refractivity contribution in [2.75, 3.05) is 20.3 Å². The molecule has 0 heterocycles. The van der Waals surface area contributed by atoms with Crippen molar-refractivity contribution in [3.63, 3.8) is 0 Å². The molecule has 0 amide bonds. The fourth-order valence-electron chi connectivity index (χ4n) is 2.14. The van der Waals surface area contributed by atoms with Gasteiger partial charge in [0.2, 0.25) is 0 Å². The van der Waals surface area contributed by atoms with E-state index < -0.39 is 6.10 Å². The van der Waals surface area contributed by atoms with Gasteiger partial charge in [-0.25, -0.2) is 0 Å². The lowest BCUT2D eigenvalue weighted by molar-refractivity contribution is -0.156. The van der Waals surface area contributed by atoms with E-state index in [2.05, 4.69) is 26.0 Å². The SMILES string of the molecule is COCCOC1C(=O)CC1Oc1ccc(C(C)C)cc1. The summed E-state index contributed by atoms with van der Waals surface area (Å²) in [6.07, 6.45) is -0.206. The van der Waals surface area contributed by atoms with Crippen molar-refractivity contribution < 1.29 is 19.0 Å². The number of Topliss-reactive ketones (excluding diaryl/α,β-unsaturated/α-hetero) is 1. The van der Waals surface area contributed by atoms with E-state index in [1.165, 1.54) is 5.56 Å². The standard InChI is InChI=1S/C16H22O4/c1-11(2)12-4-6-13(7-5-12)20-15-10-14(17)16(15)19-9-8-18-3/h4-7,11,15-16H,8-10H2,1-3H3. The minimum atomic E-state index is -0.449. The molecule has 0 spiro atoms. The third kappa shape index (κ3) is 3.58. The van der Waals surface area contributed by atoms with Gasteiger partial charge in [0.05, 0.1) is 13.2 Å². The highest BCUT2D eigenvalue weighted by atomic mass is 16.6. The summed E-state index contributed by atoms with van der Waals surface area (Å²) >= 11 is 0. The third-order valence-corrected chi connectivity index (χ3v) is 3.48. The van der Waals surface area contributed by atoms with Crippen LogP contribution in [0.1, 0.15) is 31.7 Å². The Labute approximate surface area is 120 Å². The van der Waals surface area contributed by atoms with Crippen molar-refractivity contribution in [1.29, 1.82) is 0 Å². The van der Waals surface area contributed by atoms with Gasteiger partial charge in [0, 0.05) is 13.5 Å².